The number of ether oxygens (including phenoxy) is 1. The lowest BCUT2D eigenvalue weighted by molar-refractivity contribution is -0.118. The van der Waals surface area contributed by atoms with Crippen molar-refractivity contribution in [2.75, 3.05) is 0 Å². The quantitative estimate of drug-likeness (QED) is 0.863. The van der Waals surface area contributed by atoms with E-state index in [1.54, 1.807) is 36.7 Å². The molecule has 3 rings (SSSR count). The van der Waals surface area contributed by atoms with Gasteiger partial charge in [0.05, 0.1) is 12.3 Å². The van der Waals surface area contributed by atoms with Crippen molar-refractivity contribution >= 4 is 18.4 Å². The van der Waals surface area contributed by atoms with Crippen LogP contribution in [0, 0.1) is 0 Å². The lowest BCUT2D eigenvalue weighted by Gasteiger charge is -2.10. The molecule has 6 heteroatoms. The number of carbonyl (C=O) groups is 1. The summed E-state index contributed by atoms with van der Waals surface area (Å²) in [5.41, 5.74) is 1.47. The molecule has 1 aliphatic heterocycles. The van der Waals surface area contributed by atoms with E-state index in [4.69, 9.17) is 9.39 Å². The summed E-state index contributed by atoms with van der Waals surface area (Å²) in [5, 5.41) is 9.95. The maximum Gasteiger partial charge on any atom is 0.492 e. The van der Waals surface area contributed by atoms with Crippen LogP contribution in [0.15, 0.2) is 42.7 Å². The van der Waals surface area contributed by atoms with Gasteiger partial charge in [-0.15, -0.1) is 0 Å². The number of ketones is 1. The van der Waals surface area contributed by atoms with E-state index >= 15 is 0 Å². The van der Waals surface area contributed by atoms with E-state index in [1.807, 2.05) is 6.07 Å². The van der Waals surface area contributed by atoms with Gasteiger partial charge in [-0.3, -0.25) is 9.78 Å². The summed E-state index contributed by atoms with van der Waals surface area (Å²) >= 11 is 0. The van der Waals surface area contributed by atoms with Crippen LogP contribution >= 0.6 is 0 Å². The molecule has 1 unspecified atom stereocenters. The third-order valence-electron chi connectivity index (χ3n) is 3.31. The monoisotopic (exact) mass is 283 g/mol. The lowest BCUT2D eigenvalue weighted by Crippen LogP contribution is -2.27. The molecule has 2 heterocycles. The third kappa shape index (κ3) is 2.96. The average Bonchev–Trinajstić information content (AvgIpc) is 2.75. The van der Waals surface area contributed by atoms with Gasteiger partial charge in [0, 0.05) is 12.6 Å². The fourth-order valence-electron chi connectivity index (χ4n) is 2.39. The molecule has 0 aliphatic carbocycles. The van der Waals surface area contributed by atoms with Crippen LogP contribution in [0.5, 0.6) is 11.5 Å². The standard InChI is InChI=1S/C15H14BNO4/c1-10(18)7-15-13-5-4-11(8-14(13)16(19)21-15)20-12-3-2-6-17-9-12/h2-6,8-9,15,19H,7H2,1H3. The number of rotatable bonds is 4. The van der Waals surface area contributed by atoms with E-state index in [1.165, 1.54) is 6.92 Å². The maximum absolute atomic E-state index is 11.2. The van der Waals surface area contributed by atoms with Crippen molar-refractivity contribution in [3.63, 3.8) is 0 Å². The molecule has 0 fully saturated rings. The Labute approximate surface area is 122 Å². The number of hydrogen-bond acceptors (Lipinski definition) is 5. The Balaban J connectivity index is 1.85. The number of carbonyl (C=O) groups excluding carboxylic acids is 1. The maximum atomic E-state index is 11.2. The topological polar surface area (TPSA) is 68.7 Å². The van der Waals surface area contributed by atoms with Crippen molar-refractivity contribution in [1.29, 1.82) is 0 Å². The Morgan fingerprint density at radius 1 is 1.43 bits per heavy atom. The zero-order valence-corrected chi connectivity index (χ0v) is 11.5. The van der Waals surface area contributed by atoms with Crippen molar-refractivity contribution in [3.8, 4) is 11.5 Å². The van der Waals surface area contributed by atoms with Crippen molar-refractivity contribution in [1.82, 2.24) is 4.98 Å². The summed E-state index contributed by atoms with van der Waals surface area (Å²) in [7, 11) is -1.03. The van der Waals surface area contributed by atoms with Gasteiger partial charge in [0.25, 0.3) is 0 Å². The highest BCUT2D eigenvalue weighted by Crippen LogP contribution is 2.30. The minimum Gasteiger partial charge on any atom is -0.456 e. The molecule has 0 amide bonds. The van der Waals surface area contributed by atoms with Gasteiger partial charge in [-0.05, 0) is 42.2 Å². The Bertz CT molecular complexity index is 662. The zero-order valence-electron chi connectivity index (χ0n) is 11.5. The molecular weight excluding hydrogens is 269 g/mol. The van der Waals surface area contributed by atoms with E-state index in [-0.39, 0.29) is 18.3 Å². The van der Waals surface area contributed by atoms with E-state index in [2.05, 4.69) is 4.98 Å². The predicted molar refractivity (Wildman–Crippen MR) is 77.5 cm³/mol. The van der Waals surface area contributed by atoms with Crippen molar-refractivity contribution in [3.05, 3.63) is 48.3 Å². The summed E-state index contributed by atoms with van der Waals surface area (Å²) in [6.07, 6.45) is 3.14. The minimum absolute atomic E-state index is 0.0238. The second kappa shape index (κ2) is 5.67. The van der Waals surface area contributed by atoms with Gasteiger partial charge in [0.2, 0.25) is 0 Å². The second-order valence-electron chi connectivity index (χ2n) is 4.96. The Morgan fingerprint density at radius 3 is 3.00 bits per heavy atom. The minimum atomic E-state index is -1.03. The summed E-state index contributed by atoms with van der Waals surface area (Å²) in [6.45, 7) is 1.51. The molecular formula is C15H14BNO4. The Morgan fingerprint density at radius 2 is 2.29 bits per heavy atom. The zero-order chi connectivity index (χ0) is 14.8. The molecule has 5 nitrogen and oxygen atoms in total. The molecule has 1 aromatic heterocycles. The van der Waals surface area contributed by atoms with E-state index in [0.29, 0.717) is 17.0 Å². The van der Waals surface area contributed by atoms with Gasteiger partial charge in [0.1, 0.15) is 17.3 Å². The summed E-state index contributed by atoms with van der Waals surface area (Å²) in [4.78, 5) is 15.2. The summed E-state index contributed by atoms with van der Waals surface area (Å²) < 4.78 is 11.1. The van der Waals surface area contributed by atoms with Gasteiger partial charge >= 0.3 is 7.12 Å². The fraction of sp³-hybridized carbons (Fsp3) is 0.200. The van der Waals surface area contributed by atoms with Crippen LogP contribution in [-0.2, 0) is 9.45 Å². The molecule has 106 valence electrons. The van der Waals surface area contributed by atoms with E-state index in [9.17, 15) is 9.82 Å². The number of nitrogens with zero attached hydrogens (tertiary/aromatic N) is 1. The molecule has 1 aromatic carbocycles. The lowest BCUT2D eigenvalue weighted by atomic mass is 9.79. The van der Waals surface area contributed by atoms with Crippen LogP contribution in [0.3, 0.4) is 0 Å². The number of aromatic nitrogens is 1. The van der Waals surface area contributed by atoms with Gasteiger partial charge in [-0.1, -0.05) is 6.07 Å². The van der Waals surface area contributed by atoms with Crippen molar-refractivity contribution in [2.24, 2.45) is 0 Å². The van der Waals surface area contributed by atoms with Gasteiger partial charge < -0.3 is 14.4 Å². The molecule has 1 N–H and O–H groups in total. The molecule has 0 spiro atoms. The third-order valence-corrected chi connectivity index (χ3v) is 3.31. The van der Waals surface area contributed by atoms with E-state index < -0.39 is 7.12 Å². The first-order valence-corrected chi connectivity index (χ1v) is 6.68. The number of benzene rings is 1. The van der Waals surface area contributed by atoms with Crippen LogP contribution < -0.4 is 10.2 Å². The van der Waals surface area contributed by atoms with Crippen LogP contribution in [0.2, 0.25) is 0 Å². The highest BCUT2D eigenvalue weighted by Gasteiger charge is 2.35. The average molecular weight is 283 g/mol. The Kier molecular flexibility index (Phi) is 3.73. The second-order valence-corrected chi connectivity index (χ2v) is 4.96. The number of pyridine rings is 1. The molecule has 1 aliphatic rings. The van der Waals surface area contributed by atoms with Gasteiger partial charge in [0.15, 0.2) is 0 Å². The molecule has 21 heavy (non-hydrogen) atoms. The Hall–Kier alpha value is -2.18. The summed E-state index contributed by atoms with van der Waals surface area (Å²) in [6, 6.07) is 8.92. The normalized spacial score (nSPS) is 16.7. The number of fused-ring (bicyclic) bond motifs is 1. The first-order chi connectivity index (χ1) is 10.1. The highest BCUT2D eigenvalue weighted by atomic mass is 16.5. The smallest absolute Gasteiger partial charge is 0.456 e. The van der Waals surface area contributed by atoms with Crippen LogP contribution in [-0.4, -0.2) is 22.9 Å². The number of hydrogen-bond donors (Lipinski definition) is 1. The molecule has 0 bridgehead atoms. The van der Waals surface area contributed by atoms with Crippen LogP contribution in [0.4, 0.5) is 0 Å². The number of Topliss-reactive ketones (excluding diaryl/α,β-unsaturated/α-hetero) is 1. The van der Waals surface area contributed by atoms with Crippen molar-refractivity contribution in [2.45, 2.75) is 19.4 Å². The first-order valence-electron chi connectivity index (χ1n) is 6.68. The van der Waals surface area contributed by atoms with E-state index in [0.717, 1.165) is 5.56 Å². The summed E-state index contributed by atoms with van der Waals surface area (Å²) in [5.74, 6) is 1.23. The molecule has 0 saturated carbocycles. The van der Waals surface area contributed by atoms with Crippen molar-refractivity contribution < 1.29 is 19.2 Å². The predicted octanol–water partition coefficient (Wildman–Crippen LogP) is 1.61. The molecule has 1 atom stereocenters. The van der Waals surface area contributed by atoms with Gasteiger partial charge in [-0.2, -0.15) is 0 Å². The largest absolute Gasteiger partial charge is 0.492 e. The molecule has 0 saturated heterocycles. The molecule has 2 aromatic rings. The SMILES string of the molecule is CC(=O)CC1OB(O)c2cc(Oc3cccnc3)ccc21. The highest BCUT2D eigenvalue weighted by molar-refractivity contribution is 6.61. The van der Waals surface area contributed by atoms with Crippen LogP contribution in [0.25, 0.3) is 0 Å². The first kappa shape index (κ1) is 13.8. The van der Waals surface area contributed by atoms with Gasteiger partial charge in [-0.25, -0.2) is 0 Å². The molecule has 0 radical (unpaired) electrons. The van der Waals surface area contributed by atoms with Crippen LogP contribution in [0.1, 0.15) is 25.0 Å². The fourth-order valence-corrected chi connectivity index (χ4v) is 2.39.